The molecule has 0 aliphatic carbocycles. The van der Waals surface area contributed by atoms with Gasteiger partial charge in [-0.25, -0.2) is 9.78 Å². The van der Waals surface area contributed by atoms with E-state index in [-0.39, 0.29) is 0 Å². The van der Waals surface area contributed by atoms with Crippen LogP contribution in [0.2, 0.25) is 0 Å². The van der Waals surface area contributed by atoms with Crippen LogP contribution in [-0.2, 0) is 11.3 Å². The first kappa shape index (κ1) is 13.9. The van der Waals surface area contributed by atoms with E-state index >= 15 is 0 Å². The molecule has 0 amide bonds. The van der Waals surface area contributed by atoms with E-state index in [0.29, 0.717) is 17.9 Å². The van der Waals surface area contributed by atoms with Gasteiger partial charge in [-0.05, 0) is 31.2 Å². The number of rotatable bonds is 6. The van der Waals surface area contributed by atoms with Crippen molar-refractivity contribution < 1.29 is 14.6 Å². The van der Waals surface area contributed by atoms with E-state index in [1.54, 1.807) is 48.5 Å². The maximum Gasteiger partial charge on any atom is 0.332 e. The number of hydrogen-bond donors (Lipinski definition) is 2. The number of anilines is 1. The van der Waals surface area contributed by atoms with Gasteiger partial charge in [0.15, 0.2) is 6.04 Å². The second kappa shape index (κ2) is 6.10. The fraction of sp³-hybridized carbons (Fsp3) is 0.286. The number of benzene rings is 1. The number of methoxy groups -OCH3 is 1. The first-order valence-electron chi connectivity index (χ1n) is 6.29. The summed E-state index contributed by atoms with van der Waals surface area (Å²) in [6.07, 6.45) is 3.19. The number of hydrogen-bond acceptors (Lipinski definition) is 4. The molecule has 1 aromatic carbocycles. The van der Waals surface area contributed by atoms with Gasteiger partial charge in [0, 0.05) is 12.2 Å². The molecule has 0 bridgehead atoms. The molecule has 0 spiro atoms. The van der Waals surface area contributed by atoms with Crippen molar-refractivity contribution in [2.45, 2.75) is 19.5 Å². The predicted molar refractivity (Wildman–Crippen MR) is 74.9 cm³/mol. The maximum absolute atomic E-state index is 11.5. The van der Waals surface area contributed by atoms with Gasteiger partial charge in [-0.1, -0.05) is 0 Å². The van der Waals surface area contributed by atoms with Crippen molar-refractivity contribution >= 4 is 11.7 Å². The minimum atomic E-state index is -0.948. The molecule has 0 aliphatic rings. The molecule has 2 rings (SSSR count). The van der Waals surface area contributed by atoms with Gasteiger partial charge in [0.05, 0.1) is 25.3 Å². The predicted octanol–water partition coefficient (Wildman–Crippen LogP) is 2.15. The molecule has 0 aliphatic heterocycles. The Morgan fingerprint density at radius 3 is 2.70 bits per heavy atom. The highest BCUT2D eigenvalue weighted by Crippen LogP contribution is 2.22. The highest BCUT2D eigenvalue weighted by atomic mass is 16.5. The molecule has 6 heteroatoms. The first-order valence-corrected chi connectivity index (χ1v) is 6.29. The van der Waals surface area contributed by atoms with Crippen molar-refractivity contribution in [1.29, 1.82) is 0 Å². The third kappa shape index (κ3) is 2.90. The number of carbonyl (C=O) groups is 1. The van der Waals surface area contributed by atoms with Gasteiger partial charge < -0.3 is 19.7 Å². The topological polar surface area (TPSA) is 76.4 Å². The molecule has 0 saturated carbocycles. The minimum absolute atomic E-state index is 0.621. The Kier molecular flexibility index (Phi) is 4.24. The lowest BCUT2D eigenvalue weighted by molar-refractivity contribution is -0.138. The molecule has 2 N–H and O–H groups in total. The molecule has 0 radical (unpaired) electrons. The molecule has 1 atom stereocenters. The molecule has 0 fully saturated rings. The van der Waals surface area contributed by atoms with E-state index < -0.39 is 12.0 Å². The molecular formula is C14H17N3O3. The molecule has 1 heterocycles. The summed E-state index contributed by atoms with van der Waals surface area (Å²) in [6, 6.07) is 6.27. The fourth-order valence-electron chi connectivity index (χ4n) is 1.95. The number of nitrogens with zero attached hydrogens (tertiary/aromatic N) is 2. The van der Waals surface area contributed by atoms with Crippen LogP contribution in [0.15, 0.2) is 36.8 Å². The highest BCUT2D eigenvalue weighted by molar-refractivity contribution is 5.78. The number of imidazole rings is 1. The normalized spacial score (nSPS) is 11.9. The van der Waals surface area contributed by atoms with E-state index in [1.165, 1.54) is 0 Å². The van der Waals surface area contributed by atoms with Gasteiger partial charge in [0.2, 0.25) is 0 Å². The van der Waals surface area contributed by atoms with Gasteiger partial charge in [0.25, 0.3) is 0 Å². The second-order valence-corrected chi connectivity index (χ2v) is 4.25. The Labute approximate surface area is 117 Å². The zero-order chi connectivity index (χ0) is 14.5. The van der Waals surface area contributed by atoms with Crippen molar-refractivity contribution in [3.63, 3.8) is 0 Å². The number of carboxylic acid groups (broad SMARTS) is 1. The number of aromatic nitrogens is 2. The van der Waals surface area contributed by atoms with Crippen LogP contribution in [0.25, 0.3) is 0 Å². The van der Waals surface area contributed by atoms with Crippen LogP contribution in [0.4, 0.5) is 5.69 Å². The highest BCUT2D eigenvalue weighted by Gasteiger charge is 2.23. The van der Waals surface area contributed by atoms with Gasteiger partial charge in [-0.15, -0.1) is 0 Å². The number of ether oxygens (including phenoxy) is 1. The zero-order valence-corrected chi connectivity index (χ0v) is 11.4. The Morgan fingerprint density at radius 2 is 2.15 bits per heavy atom. The minimum Gasteiger partial charge on any atom is -0.497 e. The summed E-state index contributed by atoms with van der Waals surface area (Å²) < 4.78 is 6.87. The van der Waals surface area contributed by atoms with Crippen LogP contribution in [0.3, 0.4) is 0 Å². The first-order chi connectivity index (χ1) is 9.65. The monoisotopic (exact) mass is 275 g/mol. The van der Waals surface area contributed by atoms with Crippen molar-refractivity contribution in [2.24, 2.45) is 0 Å². The van der Waals surface area contributed by atoms with Crippen LogP contribution in [0, 0.1) is 0 Å². The summed E-state index contributed by atoms with van der Waals surface area (Å²) in [7, 11) is 1.59. The zero-order valence-electron chi connectivity index (χ0n) is 11.4. The Balaban J connectivity index is 2.23. The molecule has 6 nitrogen and oxygen atoms in total. The van der Waals surface area contributed by atoms with E-state index in [0.717, 1.165) is 5.75 Å². The lowest BCUT2D eigenvalue weighted by Gasteiger charge is -2.17. The van der Waals surface area contributed by atoms with E-state index in [9.17, 15) is 9.90 Å². The summed E-state index contributed by atoms with van der Waals surface area (Å²) in [6.45, 7) is 2.61. The van der Waals surface area contributed by atoms with Crippen molar-refractivity contribution in [2.75, 3.05) is 12.4 Å². The van der Waals surface area contributed by atoms with Crippen molar-refractivity contribution in [1.82, 2.24) is 9.55 Å². The van der Waals surface area contributed by atoms with Crippen LogP contribution >= 0.6 is 0 Å². The van der Waals surface area contributed by atoms with Gasteiger partial charge in [-0.3, -0.25) is 0 Å². The van der Waals surface area contributed by atoms with Crippen LogP contribution in [0.5, 0.6) is 5.75 Å². The molecule has 1 aromatic heterocycles. The van der Waals surface area contributed by atoms with Gasteiger partial charge >= 0.3 is 5.97 Å². The second-order valence-electron chi connectivity index (χ2n) is 4.25. The summed E-state index contributed by atoms with van der Waals surface area (Å²) in [5, 5.41) is 12.4. The quantitative estimate of drug-likeness (QED) is 0.844. The van der Waals surface area contributed by atoms with Crippen LogP contribution < -0.4 is 10.1 Å². The lowest BCUT2D eigenvalue weighted by atomic mass is 10.2. The Hall–Kier alpha value is -2.50. The van der Waals surface area contributed by atoms with Crippen LogP contribution in [-0.4, -0.2) is 27.7 Å². The average Bonchev–Trinajstić information content (AvgIpc) is 2.93. The largest absolute Gasteiger partial charge is 0.497 e. The van der Waals surface area contributed by atoms with Crippen LogP contribution in [0.1, 0.15) is 18.7 Å². The average molecular weight is 275 g/mol. The standard InChI is InChI=1S/C14H17N3O3/c1-3-17-9-15-8-12(17)13(14(18)19)16-10-4-6-11(20-2)7-5-10/h4-9,13,16H,3H2,1-2H3,(H,18,19). The maximum atomic E-state index is 11.5. The van der Waals surface area contributed by atoms with Crippen molar-refractivity contribution in [3.8, 4) is 5.75 Å². The molecule has 106 valence electrons. The van der Waals surface area contributed by atoms with E-state index in [4.69, 9.17) is 4.74 Å². The molecule has 20 heavy (non-hydrogen) atoms. The van der Waals surface area contributed by atoms with Gasteiger partial charge in [-0.2, -0.15) is 0 Å². The summed E-state index contributed by atoms with van der Waals surface area (Å²) in [4.78, 5) is 15.5. The Morgan fingerprint density at radius 1 is 1.45 bits per heavy atom. The number of aliphatic carboxylic acids is 1. The summed E-state index contributed by atoms with van der Waals surface area (Å²) >= 11 is 0. The number of carboxylic acids is 1. The van der Waals surface area contributed by atoms with Crippen molar-refractivity contribution in [3.05, 3.63) is 42.5 Å². The molecule has 1 unspecified atom stereocenters. The number of nitrogens with one attached hydrogen (secondary N) is 1. The van der Waals surface area contributed by atoms with E-state index in [2.05, 4.69) is 10.3 Å². The SMILES string of the molecule is CCn1cncc1C(Nc1ccc(OC)cc1)C(=O)O. The third-order valence-electron chi connectivity index (χ3n) is 3.03. The molecular weight excluding hydrogens is 258 g/mol. The fourth-order valence-corrected chi connectivity index (χ4v) is 1.95. The molecule has 2 aromatic rings. The summed E-state index contributed by atoms with van der Waals surface area (Å²) in [5.74, 6) is -0.225. The lowest BCUT2D eigenvalue weighted by Crippen LogP contribution is -2.23. The summed E-state index contributed by atoms with van der Waals surface area (Å²) in [5.41, 5.74) is 1.33. The third-order valence-corrected chi connectivity index (χ3v) is 3.03. The number of aryl methyl sites for hydroxylation is 1. The Bertz CT molecular complexity index is 578. The van der Waals surface area contributed by atoms with Gasteiger partial charge in [0.1, 0.15) is 5.75 Å². The smallest absolute Gasteiger partial charge is 0.332 e. The molecule has 0 saturated heterocycles. The van der Waals surface area contributed by atoms with E-state index in [1.807, 2.05) is 6.92 Å².